The highest BCUT2D eigenvalue weighted by Crippen LogP contribution is 2.08. The highest BCUT2D eigenvalue weighted by atomic mass is 32.2. The van der Waals surface area contributed by atoms with Crippen molar-refractivity contribution in [3.63, 3.8) is 0 Å². The molecule has 0 atom stereocenters. The average molecular weight is 218 g/mol. The van der Waals surface area contributed by atoms with E-state index in [0.717, 1.165) is 12.8 Å². The quantitative estimate of drug-likeness (QED) is 0.480. The Morgan fingerprint density at radius 2 is 1.85 bits per heavy atom. The fourth-order valence-corrected chi connectivity index (χ4v) is 1.54. The number of rotatable bonds is 7. The van der Waals surface area contributed by atoms with Crippen LogP contribution in [0.1, 0.15) is 45.4 Å². The van der Waals surface area contributed by atoms with Gasteiger partial charge in [-0.2, -0.15) is 0 Å². The van der Waals surface area contributed by atoms with Crippen molar-refractivity contribution < 1.29 is 4.79 Å². The molecule has 0 spiro atoms. The van der Waals surface area contributed by atoms with E-state index in [1.165, 1.54) is 31.0 Å². The second kappa shape index (κ2) is 8.70. The van der Waals surface area contributed by atoms with E-state index in [9.17, 15) is 4.79 Å². The van der Waals surface area contributed by atoms with Crippen LogP contribution in [0.4, 0.5) is 0 Å². The molecule has 0 aliphatic rings. The zero-order valence-corrected chi connectivity index (χ0v) is 10.1. The normalized spacial score (nSPS) is 10.0. The van der Waals surface area contributed by atoms with E-state index < -0.39 is 0 Å². The molecular formula is C10H18OS2. The van der Waals surface area contributed by atoms with Gasteiger partial charge in [-0.1, -0.05) is 44.8 Å². The molecule has 0 rings (SSSR count). The lowest BCUT2D eigenvalue weighted by Crippen LogP contribution is -2.06. The number of hydrogen-bond acceptors (Lipinski definition) is 3. The molecule has 0 aromatic carbocycles. The topological polar surface area (TPSA) is 17.1 Å². The number of hydrogen-bond donors (Lipinski definition) is 0. The number of thiocarbonyl (C=S) groups is 1. The Morgan fingerprint density at radius 3 is 2.38 bits per heavy atom. The highest BCUT2D eigenvalue weighted by molar-refractivity contribution is 8.24. The predicted molar refractivity (Wildman–Crippen MR) is 64.5 cm³/mol. The van der Waals surface area contributed by atoms with E-state index in [4.69, 9.17) is 12.2 Å². The van der Waals surface area contributed by atoms with Gasteiger partial charge in [0.1, 0.15) is 4.20 Å². The van der Waals surface area contributed by atoms with Crippen LogP contribution in [-0.2, 0) is 4.79 Å². The molecule has 0 aliphatic carbocycles. The van der Waals surface area contributed by atoms with Crippen LogP contribution in [0.25, 0.3) is 0 Å². The second-order valence-corrected chi connectivity index (χ2v) is 4.56. The van der Waals surface area contributed by atoms with E-state index in [-0.39, 0.29) is 5.78 Å². The second-order valence-electron chi connectivity index (χ2n) is 3.08. The van der Waals surface area contributed by atoms with E-state index in [0.29, 0.717) is 10.6 Å². The Hall–Kier alpha value is 0.110. The fourth-order valence-electron chi connectivity index (χ4n) is 1.11. The maximum absolute atomic E-state index is 11.2. The Bertz CT molecular complexity index is 166. The average Bonchev–Trinajstić information content (AvgIpc) is 2.16. The minimum Gasteiger partial charge on any atom is -0.293 e. The van der Waals surface area contributed by atoms with E-state index >= 15 is 0 Å². The largest absolute Gasteiger partial charge is 0.293 e. The standard InChI is InChI=1S/C10H18OS2/c1-3-4-5-6-7-8-9(11)10(12)13-2/h3-8H2,1-2H3. The van der Waals surface area contributed by atoms with Crippen molar-refractivity contribution in [2.24, 2.45) is 0 Å². The molecule has 13 heavy (non-hydrogen) atoms. The van der Waals surface area contributed by atoms with Gasteiger partial charge in [-0.3, -0.25) is 4.79 Å². The molecule has 0 radical (unpaired) electrons. The molecule has 3 heteroatoms. The van der Waals surface area contributed by atoms with Gasteiger partial charge in [-0.05, 0) is 12.7 Å². The van der Waals surface area contributed by atoms with Crippen molar-refractivity contribution in [1.29, 1.82) is 0 Å². The van der Waals surface area contributed by atoms with E-state index in [1.54, 1.807) is 0 Å². The molecular weight excluding hydrogens is 200 g/mol. The summed E-state index contributed by atoms with van der Waals surface area (Å²) in [7, 11) is 0. The van der Waals surface area contributed by atoms with Crippen LogP contribution in [0, 0.1) is 0 Å². The van der Waals surface area contributed by atoms with Gasteiger partial charge in [-0.15, -0.1) is 11.8 Å². The number of ketones is 1. The van der Waals surface area contributed by atoms with Crippen molar-refractivity contribution in [2.45, 2.75) is 45.4 Å². The summed E-state index contributed by atoms with van der Waals surface area (Å²) < 4.78 is 0.537. The van der Waals surface area contributed by atoms with E-state index in [2.05, 4.69) is 6.92 Å². The molecule has 0 aliphatic heterocycles. The molecule has 0 saturated carbocycles. The lowest BCUT2D eigenvalue weighted by molar-refractivity contribution is -0.112. The molecule has 0 aromatic rings. The van der Waals surface area contributed by atoms with Gasteiger partial charge >= 0.3 is 0 Å². The molecule has 0 aromatic heterocycles. The first-order valence-corrected chi connectivity index (χ1v) is 6.46. The van der Waals surface area contributed by atoms with Gasteiger partial charge < -0.3 is 0 Å². The fraction of sp³-hybridized carbons (Fsp3) is 0.800. The van der Waals surface area contributed by atoms with Crippen LogP contribution in [0.2, 0.25) is 0 Å². The first-order chi connectivity index (χ1) is 6.22. The van der Waals surface area contributed by atoms with Crippen LogP contribution in [0.3, 0.4) is 0 Å². The Balaban J connectivity index is 3.32. The molecule has 1 nitrogen and oxygen atoms in total. The summed E-state index contributed by atoms with van der Waals surface area (Å²) in [6.07, 6.45) is 8.44. The minimum absolute atomic E-state index is 0.152. The molecule has 0 N–H and O–H groups in total. The zero-order valence-electron chi connectivity index (χ0n) is 8.47. The molecule has 76 valence electrons. The Labute approximate surface area is 90.7 Å². The van der Waals surface area contributed by atoms with Crippen LogP contribution in [0.5, 0.6) is 0 Å². The number of carbonyl (C=O) groups is 1. The molecule has 0 heterocycles. The lowest BCUT2D eigenvalue weighted by atomic mass is 10.1. The maximum atomic E-state index is 11.2. The van der Waals surface area contributed by atoms with Crippen LogP contribution in [0.15, 0.2) is 0 Å². The monoisotopic (exact) mass is 218 g/mol. The predicted octanol–water partition coefficient (Wildman–Crippen LogP) is 3.61. The third-order valence-corrected chi connectivity index (χ3v) is 3.25. The third kappa shape index (κ3) is 7.20. The summed E-state index contributed by atoms with van der Waals surface area (Å²) >= 11 is 6.28. The van der Waals surface area contributed by atoms with E-state index in [1.807, 2.05) is 6.26 Å². The molecule has 0 bridgehead atoms. The molecule has 0 fully saturated rings. The first-order valence-electron chi connectivity index (χ1n) is 4.83. The zero-order chi connectivity index (χ0) is 10.1. The van der Waals surface area contributed by atoms with Gasteiger partial charge in [-0.25, -0.2) is 0 Å². The van der Waals surface area contributed by atoms with Gasteiger partial charge in [0, 0.05) is 6.42 Å². The number of thioether (sulfide) groups is 1. The van der Waals surface area contributed by atoms with Crippen LogP contribution >= 0.6 is 24.0 Å². The van der Waals surface area contributed by atoms with Crippen molar-refractivity contribution in [1.82, 2.24) is 0 Å². The highest BCUT2D eigenvalue weighted by Gasteiger charge is 2.06. The number of unbranched alkanes of at least 4 members (excludes halogenated alkanes) is 4. The third-order valence-electron chi connectivity index (χ3n) is 1.92. The summed E-state index contributed by atoms with van der Waals surface area (Å²) in [5, 5.41) is 0. The number of Topliss-reactive ketones (excluding diaryl/α,β-unsaturated/α-hetero) is 1. The summed E-state index contributed by atoms with van der Waals surface area (Å²) in [4.78, 5) is 11.2. The van der Waals surface area contributed by atoms with Gasteiger partial charge in [0.2, 0.25) is 0 Å². The van der Waals surface area contributed by atoms with Gasteiger partial charge in [0.25, 0.3) is 0 Å². The van der Waals surface area contributed by atoms with Crippen molar-refractivity contribution in [3.8, 4) is 0 Å². The van der Waals surface area contributed by atoms with Crippen LogP contribution in [-0.4, -0.2) is 16.2 Å². The molecule has 0 unspecified atom stereocenters. The Kier molecular flexibility index (Phi) is 8.77. The SMILES string of the molecule is CCCCCCCC(=O)C(=S)SC. The van der Waals surface area contributed by atoms with Crippen LogP contribution < -0.4 is 0 Å². The van der Waals surface area contributed by atoms with Gasteiger partial charge in [0.05, 0.1) is 0 Å². The maximum Gasteiger partial charge on any atom is 0.180 e. The summed E-state index contributed by atoms with van der Waals surface area (Å²) in [5.74, 6) is 0.152. The Morgan fingerprint density at radius 1 is 1.23 bits per heavy atom. The van der Waals surface area contributed by atoms with Crippen molar-refractivity contribution >= 4 is 34.0 Å². The summed E-state index contributed by atoms with van der Waals surface area (Å²) in [5.41, 5.74) is 0. The smallest absolute Gasteiger partial charge is 0.180 e. The van der Waals surface area contributed by atoms with Crippen molar-refractivity contribution in [3.05, 3.63) is 0 Å². The van der Waals surface area contributed by atoms with Crippen molar-refractivity contribution in [2.75, 3.05) is 6.26 Å². The number of carbonyl (C=O) groups excluding carboxylic acids is 1. The summed E-state index contributed by atoms with van der Waals surface area (Å²) in [6.45, 7) is 2.19. The minimum atomic E-state index is 0.152. The molecule has 0 amide bonds. The lowest BCUT2D eigenvalue weighted by Gasteiger charge is -1.99. The first kappa shape index (κ1) is 13.1. The molecule has 0 saturated heterocycles. The van der Waals surface area contributed by atoms with Gasteiger partial charge in [0.15, 0.2) is 5.78 Å². The summed E-state index contributed by atoms with van der Waals surface area (Å²) in [6, 6.07) is 0.